The molecule has 1 aromatic carbocycles. The Morgan fingerprint density at radius 2 is 1.86 bits per heavy atom. The van der Waals surface area contributed by atoms with Crippen molar-refractivity contribution in [3.8, 4) is 0 Å². The summed E-state index contributed by atoms with van der Waals surface area (Å²) < 4.78 is 0.798. The number of hydrogen-bond acceptors (Lipinski definition) is 3. The molecule has 1 N–H and O–H groups in total. The molecule has 0 spiro atoms. The molecule has 5 nitrogen and oxygen atoms in total. The molecule has 0 bridgehead atoms. The highest BCUT2D eigenvalue weighted by atomic mass is 79.9. The Morgan fingerprint density at radius 3 is 2.50 bits per heavy atom. The number of anilines is 1. The van der Waals surface area contributed by atoms with Gasteiger partial charge < -0.3 is 10.2 Å². The summed E-state index contributed by atoms with van der Waals surface area (Å²) in [5, 5.41) is 2.79. The van der Waals surface area contributed by atoms with Crippen molar-refractivity contribution in [1.29, 1.82) is 0 Å². The SMILES string of the molecule is CC(=O)N(CC(=O)Nc1ccccc1Br)Cc1ccncc1. The molecule has 1 heterocycles. The number of amides is 2. The Kier molecular flexibility index (Phi) is 5.66. The zero-order valence-electron chi connectivity index (χ0n) is 12.1. The quantitative estimate of drug-likeness (QED) is 0.890. The molecule has 0 saturated heterocycles. The molecule has 0 saturated carbocycles. The summed E-state index contributed by atoms with van der Waals surface area (Å²) in [7, 11) is 0. The Labute approximate surface area is 137 Å². The van der Waals surface area contributed by atoms with Crippen LogP contribution in [0.3, 0.4) is 0 Å². The van der Waals surface area contributed by atoms with Gasteiger partial charge in [-0.3, -0.25) is 14.6 Å². The van der Waals surface area contributed by atoms with E-state index >= 15 is 0 Å². The highest BCUT2D eigenvalue weighted by Gasteiger charge is 2.14. The molecule has 0 aliphatic rings. The molecule has 0 radical (unpaired) electrons. The highest BCUT2D eigenvalue weighted by Crippen LogP contribution is 2.21. The largest absolute Gasteiger partial charge is 0.329 e. The van der Waals surface area contributed by atoms with Crippen LogP contribution in [0, 0.1) is 0 Å². The lowest BCUT2D eigenvalue weighted by atomic mass is 10.2. The standard InChI is InChI=1S/C16H16BrN3O2/c1-12(21)20(10-13-6-8-18-9-7-13)11-16(22)19-15-5-3-2-4-14(15)17/h2-9H,10-11H2,1H3,(H,19,22). The van der Waals surface area contributed by atoms with E-state index in [0.29, 0.717) is 12.2 Å². The fourth-order valence-electron chi connectivity index (χ4n) is 1.91. The minimum absolute atomic E-state index is 0.00100. The minimum Gasteiger partial charge on any atom is -0.329 e. The van der Waals surface area contributed by atoms with E-state index in [9.17, 15) is 9.59 Å². The van der Waals surface area contributed by atoms with Gasteiger partial charge in [-0.1, -0.05) is 12.1 Å². The van der Waals surface area contributed by atoms with Gasteiger partial charge in [0.1, 0.15) is 6.54 Å². The number of nitrogens with one attached hydrogen (secondary N) is 1. The van der Waals surface area contributed by atoms with Crippen LogP contribution in [-0.2, 0) is 16.1 Å². The summed E-state index contributed by atoms with van der Waals surface area (Å²) in [5.74, 6) is -0.393. The lowest BCUT2D eigenvalue weighted by molar-refractivity contribution is -0.133. The topological polar surface area (TPSA) is 62.3 Å². The predicted molar refractivity (Wildman–Crippen MR) is 88.1 cm³/mol. The maximum absolute atomic E-state index is 12.1. The highest BCUT2D eigenvalue weighted by molar-refractivity contribution is 9.10. The van der Waals surface area contributed by atoms with Crippen molar-refractivity contribution in [2.75, 3.05) is 11.9 Å². The Balaban J connectivity index is 2.00. The molecule has 0 aliphatic heterocycles. The zero-order valence-corrected chi connectivity index (χ0v) is 13.7. The summed E-state index contributed by atoms with van der Waals surface area (Å²) in [5.41, 5.74) is 1.61. The van der Waals surface area contributed by atoms with Crippen molar-refractivity contribution in [2.45, 2.75) is 13.5 Å². The van der Waals surface area contributed by atoms with Crippen LogP contribution in [0.4, 0.5) is 5.69 Å². The second kappa shape index (κ2) is 7.70. The maximum atomic E-state index is 12.1. The van der Waals surface area contributed by atoms with Gasteiger partial charge in [-0.15, -0.1) is 0 Å². The first-order valence-electron chi connectivity index (χ1n) is 6.75. The number of hydrogen-bond donors (Lipinski definition) is 1. The Hall–Kier alpha value is -2.21. The van der Waals surface area contributed by atoms with Crippen LogP contribution in [0.5, 0.6) is 0 Å². The maximum Gasteiger partial charge on any atom is 0.244 e. The monoisotopic (exact) mass is 361 g/mol. The van der Waals surface area contributed by atoms with Crippen molar-refractivity contribution in [3.63, 3.8) is 0 Å². The lowest BCUT2D eigenvalue weighted by Gasteiger charge is -2.20. The van der Waals surface area contributed by atoms with Crippen LogP contribution in [0.25, 0.3) is 0 Å². The van der Waals surface area contributed by atoms with Gasteiger partial charge in [0, 0.05) is 30.3 Å². The molecule has 114 valence electrons. The first-order chi connectivity index (χ1) is 10.6. The number of pyridine rings is 1. The van der Waals surface area contributed by atoms with E-state index in [0.717, 1.165) is 10.0 Å². The molecule has 0 atom stereocenters. The summed E-state index contributed by atoms with van der Waals surface area (Å²) in [6.45, 7) is 1.83. The molecule has 0 unspecified atom stereocenters. The summed E-state index contributed by atoms with van der Waals surface area (Å²) in [4.78, 5) is 29.3. The minimum atomic E-state index is -0.240. The Morgan fingerprint density at radius 1 is 1.18 bits per heavy atom. The number of halogens is 1. The second-order valence-electron chi connectivity index (χ2n) is 4.76. The van der Waals surface area contributed by atoms with Crippen molar-refractivity contribution in [2.24, 2.45) is 0 Å². The van der Waals surface area contributed by atoms with Gasteiger partial charge in [-0.25, -0.2) is 0 Å². The van der Waals surface area contributed by atoms with Crippen LogP contribution in [0.15, 0.2) is 53.3 Å². The van der Waals surface area contributed by atoms with E-state index in [4.69, 9.17) is 0 Å². The predicted octanol–water partition coefficient (Wildman–Crippen LogP) is 2.83. The van der Waals surface area contributed by atoms with Gasteiger partial charge in [0.25, 0.3) is 0 Å². The van der Waals surface area contributed by atoms with Crippen LogP contribution in [0.1, 0.15) is 12.5 Å². The van der Waals surface area contributed by atoms with Crippen LogP contribution >= 0.6 is 15.9 Å². The van der Waals surface area contributed by atoms with Crippen LogP contribution in [0.2, 0.25) is 0 Å². The summed E-state index contributed by atoms with van der Waals surface area (Å²) in [6.07, 6.45) is 3.32. The fraction of sp³-hybridized carbons (Fsp3) is 0.188. The van der Waals surface area contributed by atoms with Crippen molar-refractivity contribution < 1.29 is 9.59 Å². The second-order valence-corrected chi connectivity index (χ2v) is 5.61. The fourth-order valence-corrected chi connectivity index (χ4v) is 2.30. The number of para-hydroxylation sites is 1. The Bertz CT molecular complexity index is 661. The molecule has 0 fully saturated rings. The zero-order chi connectivity index (χ0) is 15.9. The number of aromatic nitrogens is 1. The number of carbonyl (C=O) groups excluding carboxylic acids is 2. The first kappa shape index (κ1) is 16.2. The van der Waals surface area contributed by atoms with Crippen molar-refractivity contribution >= 4 is 33.4 Å². The summed E-state index contributed by atoms with van der Waals surface area (Å²) in [6, 6.07) is 11.0. The molecular weight excluding hydrogens is 346 g/mol. The average Bonchev–Trinajstić information content (AvgIpc) is 2.50. The number of rotatable bonds is 5. The van der Waals surface area contributed by atoms with Crippen LogP contribution in [-0.4, -0.2) is 28.2 Å². The molecule has 1 aromatic heterocycles. The van der Waals surface area contributed by atoms with E-state index in [-0.39, 0.29) is 18.4 Å². The van der Waals surface area contributed by atoms with Gasteiger partial charge in [-0.2, -0.15) is 0 Å². The molecule has 0 aliphatic carbocycles. The first-order valence-corrected chi connectivity index (χ1v) is 7.54. The van der Waals surface area contributed by atoms with Gasteiger partial charge in [0.05, 0.1) is 5.69 Å². The van der Waals surface area contributed by atoms with Crippen LogP contribution < -0.4 is 5.32 Å². The third-order valence-corrected chi connectivity index (χ3v) is 3.74. The molecule has 22 heavy (non-hydrogen) atoms. The van der Waals surface area contributed by atoms with Crippen molar-refractivity contribution in [3.05, 3.63) is 58.8 Å². The summed E-state index contributed by atoms with van der Waals surface area (Å²) >= 11 is 3.37. The third-order valence-electron chi connectivity index (χ3n) is 3.05. The average molecular weight is 362 g/mol. The lowest BCUT2D eigenvalue weighted by Crippen LogP contribution is -2.36. The molecule has 2 amide bonds. The van der Waals surface area contributed by atoms with Gasteiger partial charge in [0.2, 0.25) is 11.8 Å². The van der Waals surface area contributed by atoms with E-state index < -0.39 is 0 Å². The van der Waals surface area contributed by atoms with Gasteiger partial charge >= 0.3 is 0 Å². The third kappa shape index (κ3) is 4.66. The normalized spacial score (nSPS) is 10.1. The molecule has 2 rings (SSSR count). The van der Waals surface area contributed by atoms with E-state index in [1.807, 2.05) is 30.3 Å². The smallest absolute Gasteiger partial charge is 0.244 e. The number of carbonyl (C=O) groups is 2. The van der Waals surface area contributed by atoms with E-state index in [1.54, 1.807) is 18.5 Å². The van der Waals surface area contributed by atoms with Crippen molar-refractivity contribution in [1.82, 2.24) is 9.88 Å². The molecular formula is C16H16BrN3O2. The van der Waals surface area contributed by atoms with E-state index in [1.165, 1.54) is 11.8 Å². The molecule has 6 heteroatoms. The number of benzene rings is 1. The van der Waals surface area contributed by atoms with E-state index in [2.05, 4.69) is 26.2 Å². The molecule has 2 aromatic rings. The van der Waals surface area contributed by atoms with Gasteiger partial charge in [0.15, 0.2) is 0 Å². The van der Waals surface area contributed by atoms with Gasteiger partial charge in [-0.05, 0) is 45.8 Å². The number of nitrogens with zero attached hydrogens (tertiary/aromatic N) is 2.